The predicted molar refractivity (Wildman–Crippen MR) is 213 cm³/mol. The molecule has 1 aliphatic heterocycles. The fourth-order valence-electron chi connectivity index (χ4n) is 7.01. The monoisotopic (exact) mass is 777 g/mol. The van der Waals surface area contributed by atoms with Crippen LogP contribution in [0, 0.1) is 11.3 Å². The highest BCUT2D eigenvalue weighted by atomic mass is 16.4. The molecule has 15 nitrogen and oxygen atoms in total. The highest BCUT2D eigenvalue weighted by Gasteiger charge is 2.42. The van der Waals surface area contributed by atoms with E-state index >= 15 is 0 Å². The lowest BCUT2D eigenvalue weighted by molar-refractivity contribution is -0.141. The van der Waals surface area contributed by atoms with Crippen LogP contribution in [0.25, 0.3) is 10.9 Å². The van der Waals surface area contributed by atoms with Crippen molar-refractivity contribution in [1.82, 2.24) is 35.6 Å². The molecule has 5 N–H and O–H groups in total. The predicted octanol–water partition coefficient (Wildman–Crippen LogP) is 2.39. The molecule has 0 radical (unpaired) electrons. The van der Waals surface area contributed by atoms with Gasteiger partial charge in [0.05, 0.1) is 12.1 Å². The van der Waals surface area contributed by atoms with E-state index in [4.69, 9.17) is 0 Å². The van der Waals surface area contributed by atoms with Crippen molar-refractivity contribution in [2.75, 3.05) is 27.2 Å². The van der Waals surface area contributed by atoms with Crippen LogP contribution in [0.1, 0.15) is 73.8 Å². The molecule has 306 valence electrons. The fourth-order valence-corrected chi connectivity index (χ4v) is 7.01. The minimum atomic E-state index is -1.24. The summed E-state index contributed by atoms with van der Waals surface area (Å²) < 4.78 is 2.03. The molecule has 6 amide bonds. The molecule has 3 rings (SSSR count). The van der Waals surface area contributed by atoms with Gasteiger partial charge in [-0.2, -0.15) is 0 Å². The molecule has 1 unspecified atom stereocenters. The largest absolute Gasteiger partial charge is 0.481 e. The van der Waals surface area contributed by atoms with Gasteiger partial charge >= 0.3 is 5.97 Å². The Morgan fingerprint density at radius 2 is 1.54 bits per heavy atom. The van der Waals surface area contributed by atoms with E-state index in [0.717, 1.165) is 33.5 Å². The molecule has 4 atom stereocenters. The number of aromatic nitrogens is 1. The number of hydrogen-bond donors (Lipinski definition) is 5. The normalized spacial score (nSPS) is 15.8. The second-order valence-corrected chi connectivity index (χ2v) is 16.4. The number of benzene rings is 1. The van der Waals surface area contributed by atoms with Crippen LogP contribution in [0.3, 0.4) is 0 Å². The number of carbonyl (C=O) groups is 7. The number of aryl methyl sites for hydroxylation is 1. The molecular weight excluding hydrogens is 718 g/mol. The molecule has 0 bridgehead atoms. The van der Waals surface area contributed by atoms with Crippen LogP contribution < -0.4 is 21.3 Å². The lowest BCUT2D eigenvalue weighted by Crippen LogP contribution is -2.61. The zero-order valence-corrected chi connectivity index (χ0v) is 34.5. The van der Waals surface area contributed by atoms with E-state index in [1.165, 1.54) is 11.8 Å². The van der Waals surface area contributed by atoms with Crippen molar-refractivity contribution >= 4 is 52.3 Å². The first-order valence-electron chi connectivity index (χ1n) is 18.8. The third kappa shape index (κ3) is 10.7. The van der Waals surface area contributed by atoms with Gasteiger partial charge in [-0.3, -0.25) is 38.5 Å². The Bertz CT molecular complexity index is 1870. The number of carboxylic acids is 1. The maximum absolute atomic E-state index is 14.4. The smallest absolute Gasteiger partial charge is 0.303 e. The fraction of sp³-hybridized carbons (Fsp3) is 0.537. The van der Waals surface area contributed by atoms with E-state index in [1.807, 2.05) is 90.5 Å². The standard InChI is InChI=1S/C41H59N7O8/c1-24(2)30(22-25(3)36(53)44-28(16-19-33(51)52)37(54)43-20-21-48-31(49)17-18-32(48)50)47(11)39(56)35(40(4,5)6)45-38(55)34(42-9)41(7,8)27-23-46(10)29-15-13-12-14-26(27)29/h12-15,17-18,22-24,28,30,34-35,42H,16,19-21H2,1-11H3,(H,43,54)(H,44,53)(H,45,55)(H,51,52)/b25-22+/t28-,30-,34-,35?/m1/s1. The SMILES string of the molecule is CN[C@H](C(=O)NC(C(=O)N(C)[C@H](/C=C(\C)C(=O)N[C@H](CCC(=O)O)C(=O)NCCN1C(=O)C=CC1=O)C(C)C)C(C)(C)C)C(C)(C)c1cn(C)c2ccccc12. The minimum absolute atomic E-state index is 0.0983. The van der Waals surface area contributed by atoms with Gasteiger partial charge in [-0.05, 0) is 43.4 Å². The Labute approximate surface area is 329 Å². The first-order valence-corrected chi connectivity index (χ1v) is 18.8. The first kappa shape index (κ1) is 45.1. The summed E-state index contributed by atoms with van der Waals surface area (Å²) in [6.45, 7) is 14.7. The van der Waals surface area contributed by atoms with Crippen LogP contribution in [-0.2, 0) is 46.0 Å². The Morgan fingerprint density at radius 1 is 0.929 bits per heavy atom. The van der Waals surface area contributed by atoms with Gasteiger partial charge in [-0.1, -0.05) is 72.7 Å². The highest BCUT2D eigenvalue weighted by Crippen LogP contribution is 2.35. The zero-order chi connectivity index (χ0) is 42.3. The van der Waals surface area contributed by atoms with E-state index in [-0.39, 0.29) is 42.8 Å². The summed E-state index contributed by atoms with van der Waals surface area (Å²) in [5.41, 5.74) is 0.799. The number of hydrogen-bond acceptors (Lipinski definition) is 8. The summed E-state index contributed by atoms with van der Waals surface area (Å²) in [6, 6.07) is 4.48. The summed E-state index contributed by atoms with van der Waals surface area (Å²) in [4.78, 5) is 92.6. The third-order valence-electron chi connectivity index (χ3n) is 10.3. The van der Waals surface area contributed by atoms with Gasteiger partial charge in [-0.25, -0.2) is 0 Å². The maximum atomic E-state index is 14.4. The molecule has 0 fully saturated rings. The van der Waals surface area contributed by atoms with Gasteiger partial charge < -0.3 is 35.8 Å². The van der Waals surface area contributed by atoms with E-state index in [9.17, 15) is 38.7 Å². The Kier molecular flexibility index (Phi) is 14.9. The van der Waals surface area contributed by atoms with E-state index in [0.29, 0.717) is 0 Å². The quantitative estimate of drug-likeness (QED) is 0.111. The zero-order valence-electron chi connectivity index (χ0n) is 34.5. The van der Waals surface area contributed by atoms with Crippen molar-refractivity contribution in [2.45, 2.75) is 97.8 Å². The number of rotatable bonds is 18. The van der Waals surface area contributed by atoms with E-state index < -0.39 is 71.0 Å². The van der Waals surface area contributed by atoms with Crippen LogP contribution in [0.5, 0.6) is 0 Å². The summed E-state index contributed by atoms with van der Waals surface area (Å²) in [6.07, 6.45) is 5.27. The minimum Gasteiger partial charge on any atom is -0.481 e. The number of nitrogens with zero attached hydrogens (tertiary/aromatic N) is 3. The van der Waals surface area contributed by atoms with Crippen molar-refractivity contribution in [1.29, 1.82) is 0 Å². The number of imide groups is 1. The molecule has 2 heterocycles. The van der Waals surface area contributed by atoms with Gasteiger partial charge in [-0.15, -0.1) is 0 Å². The van der Waals surface area contributed by atoms with Crippen LogP contribution in [0.2, 0.25) is 0 Å². The first-order chi connectivity index (χ1) is 26.0. The van der Waals surface area contributed by atoms with Crippen molar-refractivity contribution in [3.05, 3.63) is 59.8 Å². The summed E-state index contributed by atoms with van der Waals surface area (Å²) >= 11 is 0. The third-order valence-corrected chi connectivity index (χ3v) is 10.3. The number of aliphatic carboxylic acids is 1. The average molecular weight is 778 g/mol. The second-order valence-electron chi connectivity index (χ2n) is 16.4. The number of likely N-dealkylation sites (N-methyl/N-ethyl adjacent to an activating group) is 2. The molecule has 1 aliphatic rings. The number of carboxylic acid groups (broad SMARTS) is 1. The summed E-state index contributed by atoms with van der Waals surface area (Å²) in [7, 11) is 5.30. The molecule has 56 heavy (non-hydrogen) atoms. The Balaban J connectivity index is 1.80. The average Bonchev–Trinajstić information content (AvgIpc) is 3.63. The van der Waals surface area contributed by atoms with Crippen molar-refractivity contribution in [3.63, 3.8) is 0 Å². The molecule has 1 aromatic carbocycles. The molecule has 1 aromatic heterocycles. The molecule has 0 saturated carbocycles. The number of carbonyl (C=O) groups excluding carboxylic acids is 6. The van der Waals surface area contributed by atoms with Crippen molar-refractivity contribution in [3.8, 4) is 0 Å². The molecule has 0 spiro atoms. The van der Waals surface area contributed by atoms with Crippen molar-refractivity contribution < 1.29 is 38.7 Å². The number of nitrogens with one attached hydrogen (secondary N) is 4. The Hall–Kier alpha value is -5.31. The summed E-state index contributed by atoms with van der Waals surface area (Å²) in [5, 5.41) is 21.7. The van der Waals surface area contributed by atoms with Gasteiger partial charge in [0.25, 0.3) is 11.8 Å². The number of para-hydroxylation sites is 1. The highest BCUT2D eigenvalue weighted by molar-refractivity contribution is 6.12. The van der Waals surface area contributed by atoms with Gasteiger partial charge in [0, 0.05) is 73.8 Å². The molecular formula is C41H59N7O8. The lowest BCUT2D eigenvalue weighted by Gasteiger charge is -2.39. The van der Waals surface area contributed by atoms with Gasteiger partial charge in [0.2, 0.25) is 23.6 Å². The van der Waals surface area contributed by atoms with Crippen LogP contribution in [-0.4, -0.2) is 112 Å². The van der Waals surface area contributed by atoms with Gasteiger partial charge in [0.1, 0.15) is 12.1 Å². The number of fused-ring (bicyclic) bond motifs is 1. The van der Waals surface area contributed by atoms with Gasteiger partial charge in [0.15, 0.2) is 0 Å². The molecule has 0 saturated heterocycles. The molecule has 2 aromatic rings. The summed E-state index contributed by atoms with van der Waals surface area (Å²) in [5.74, 6) is -4.41. The maximum Gasteiger partial charge on any atom is 0.303 e. The van der Waals surface area contributed by atoms with Crippen LogP contribution >= 0.6 is 0 Å². The van der Waals surface area contributed by atoms with Crippen molar-refractivity contribution in [2.24, 2.45) is 18.4 Å². The molecule has 0 aliphatic carbocycles. The lowest BCUT2D eigenvalue weighted by atomic mass is 9.76. The van der Waals surface area contributed by atoms with E-state index in [1.54, 1.807) is 20.2 Å². The van der Waals surface area contributed by atoms with E-state index in [2.05, 4.69) is 21.3 Å². The van der Waals surface area contributed by atoms with Crippen LogP contribution in [0.15, 0.2) is 54.3 Å². The Morgan fingerprint density at radius 3 is 2.09 bits per heavy atom. The van der Waals surface area contributed by atoms with Crippen LogP contribution in [0.4, 0.5) is 0 Å². The number of amides is 6. The second kappa shape index (κ2) is 18.5. The molecule has 15 heteroatoms. The topological polar surface area (TPSA) is 199 Å².